The number of hydrogen-bond acceptors (Lipinski definition) is 5. The zero-order chi connectivity index (χ0) is 16.1. The second kappa shape index (κ2) is 5.79. The Hall–Kier alpha value is -1.50. The van der Waals surface area contributed by atoms with Crippen molar-refractivity contribution in [3.63, 3.8) is 0 Å². The van der Waals surface area contributed by atoms with E-state index in [2.05, 4.69) is 26.2 Å². The van der Waals surface area contributed by atoms with Gasteiger partial charge in [0.1, 0.15) is 12.9 Å². The minimum absolute atomic E-state index is 0.00360. The van der Waals surface area contributed by atoms with E-state index in [-0.39, 0.29) is 18.5 Å². The van der Waals surface area contributed by atoms with Gasteiger partial charge in [0.2, 0.25) is 5.91 Å². The molecule has 0 radical (unpaired) electrons. The maximum Gasteiger partial charge on any atom is 0.242 e. The summed E-state index contributed by atoms with van der Waals surface area (Å²) in [5, 5.41) is 18.0. The second-order valence-corrected chi connectivity index (χ2v) is 8.49. The first kappa shape index (κ1) is 14.8. The number of rotatable bonds is 5. The van der Waals surface area contributed by atoms with Crippen LogP contribution in [0.25, 0.3) is 0 Å². The van der Waals surface area contributed by atoms with Crippen molar-refractivity contribution in [1.29, 1.82) is 0 Å². The summed E-state index contributed by atoms with van der Waals surface area (Å²) in [7, 11) is 0. The van der Waals surface area contributed by atoms with E-state index in [1.165, 1.54) is 49.5 Å². The van der Waals surface area contributed by atoms with Crippen molar-refractivity contribution in [1.82, 2.24) is 30.8 Å². The molecule has 1 heterocycles. The van der Waals surface area contributed by atoms with Crippen LogP contribution in [0.2, 0.25) is 0 Å². The SMILES string of the molecule is O=C(Cn1cnnn1)N[C@H]1CC[C@H]1NC1C2CC3CC(C2)CC1C3. The van der Waals surface area contributed by atoms with E-state index in [1.54, 1.807) is 0 Å². The highest BCUT2D eigenvalue weighted by molar-refractivity contribution is 5.76. The molecule has 2 N–H and O–H groups in total. The molecule has 7 heteroatoms. The average Bonchev–Trinajstić information content (AvgIpc) is 3.03. The highest BCUT2D eigenvalue weighted by Crippen LogP contribution is 2.54. The lowest BCUT2D eigenvalue weighted by atomic mass is 9.54. The third-order valence-electron chi connectivity index (χ3n) is 6.95. The minimum Gasteiger partial charge on any atom is -0.350 e. The first-order chi connectivity index (χ1) is 11.7. The first-order valence-electron chi connectivity index (χ1n) is 9.51. The third kappa shape index (κ3) is 2.62. The van der Waals surface area contributed by atoms with Crippen molar-refractivity contribution in [3.05, 3.63) is 6.33 Å². The fourth-order valence-corrected chi connectivity index (χ4v) is 5.97. The normalized spacial score (nSPS) is 42.8. The molecule has 0 saturated heterocycles. The highest BCUT2D eigenvalue weighted by atomic mass is 16.2. The molecule has 0 unspecified atom stereocenters. The predicted molar refractivity (Wildman–Crippen MR) is 86.7 cm³/mol. The zero-order valence-corrected chi connectivity index (χ0v) is 14.0. The molecule has 2 atom stereocenters. The molecule has 1 aromatic heterocycles. The average molecular weight is 330 g/mol. The van der Waals surface area contributed by atoms with Crippen molar-refractivity contribution in [2.24, 2.45) is 23.7 Å². The fourth-order valence-electron chi connectivity index (χ4n) is 5.97. The van der Waals surface area contributed by atoms with Gasteiger partial charge in [-0.1, -0.05) is 0 Å². The van der Waals surface area contributed by atoms with E-state index < -0.39 is 0 Å². The predicted octanol–water partition coefficient (Wildman–Crippen LogP) is 0.735. The topological polar surface area (TPSA) is 84.7 Å². The van der Waals surface area contributed by atoms with E-state index in [9.17, 15) is 4.79 Å². The van der Waals surface area contributed by atoms with Gasteiger partial charge in [0, 0.05) is 18.1 Å². The molecule has 0 aliphatic heterocycles. The molecule has 6 rings (SSSR count). The minimum atomic E-state index is 0.00360. The maximum absolute atomic E-state index is 12.1. The third-order valence-corrected chi connectivity index (χ3v) is 6.95. The lowest BCUT2D eigenvalue weighted by Gasteiger charge is -2.56. The molecule has 5 aliphatic rings. The lowest BCUT2D eigenvalue weighted by molar-refractivity contribution is -0.123. The summed E-state index contributed by atoms with van der Waals surface area (Å²) >= 11 is 0. The van der Waals surface area contributed by atoms with E-state index >= 15 is 0 Å². The van der Waals surface area contributed by atoms with Crippen LogP contribution >= 0.6 is 0 Å². The Morgan fingerprint density at radius 3 is 2.33 bits per heavy atom. The van der Waals surface area contributed by atoms with Crippen molar-refractivity contribution >= 4 is 5.91 Å². The van der Waals surface area contributed by atoms with Crippen molar-refractivity contribution in [3.8, 4) is 0 Å². The molecule has 4 bridgehead atoms. The van der Waals surface area contributed by atoms with Gasteiger partial charge in [-0.2, -0.15) is 0 Å². The number of amides is 1. The monoisotopic (exact) mass is 330 g/mol. The largest absolute Gasteiger partial charge is 0.350 e. The molecule has 7 nitrogen and oxygen atoms in total. The van der Waals surface area contributed by atoms with Crippen LogP contribution in [0.3, 0.4) is 0 Å². The number of carbonyl (C=O) groups is 1. The Balaban J connectivity index is 1.16. The number of nitrogens with one attached hydrogen (secondary N) is 2. The Morgan fingerprint density at radius 1 is 1.04 bits per heavy atom. The molecule has 5 aliphatic carbocycles. The number of carbonyl (C=O) groups excluding carboxylic acids is 1. The molecule has 24 heavy (non-hydrogen) atoms. The molecular formula is C17H26N6O. The summed E-state index contributed by atoms with van der Waals surface area (Å²) in [6.45, 7) is 0.203. The van der Waals surface area contributed by atoms with E-state index in [1.807, 2.05) is 0 Å². The summed E-state index contributed by atoms with van der Waals surface area (Å²) in [6, 6.07) is 1.42. The van der Waals surface area contributed by atoms with Crippen LogP contribution in [0.1, 0.15) is 44.9 Å². The molecule has 1 aromatic rings. The van der Waals surface area contributed by atoms with Gasteiger partial charge in [-0.15, -0.1) is 5.10 Å². The zero-order valence-electron chi connectivity index (χ0n) is 14.0. The Kier molecular flexibility index (Phi) is 3.57. The first-order valence-corrected chi connectivity index (χ1v) is 9.51. The van der Waals surface area contributed by atoms with Crippen LogP contribution in [0, 0.1) is 23.7 Å². The van der Waals surface area contributed by atoms with E-state index in [0.717, 1.165) is 30.1 Å². The fraction of sp³-hybridized carbons (Fsp3) is 0.882. The summed E-state index contributed by atoms with van der Waals surface area (Å²) in [5.74, 6) is 3.81. The number of hydrogen-bond donors (Lipinski definition) is 2. The molecule has 130 valence electrons. The van der Waals surface area contributed by atoms with Gasteiger partial charge in [-0.05, 0) is 79.0 Å². The smallest absolute Gasteiger partial charge is 0.242 e. The lowest BCUT2D eigenvalue weighted by Crippen LogP contribution is -2.64. The van der Waals surface area contributed by atoms with Crippen molar-refractivity contribution in [2.45, 2.75) is 69.6 Å². The van der Waals surface area contributed by atoms with Crippen LogP contribution in [-0.2, 0) is 11.3 Å². The number of nitrogens with zero attached hydrogens (tertiary/aromatic N) is 4. The second-order valence-electron chi connectivity index (χ2n) is 8.49. The van der Waals surface area contributed by atoms with Gasteiger partial charge < -0.3 is 10.6 Å². The highest BCUT2D eigenvalue weighted by Gasteiger charge is 2.49. The quantitative estimate of drug-likeness (QED) is 0.832. The molecular weight excluding hydrogens is 304 g/mol. The van der Waals surface area contributed by atoms with Crippen LogP contribution in [-0.4, -0.2) is 44.2 Å². The van der Waals surface area contributed by atoms with Gasteiger partial charge >= 0.3 is 0 Å². The van der Waals surface area contributed by atoms with Crippen LogP contribution in [0.15, 0.2) is 6.33 Å². The van der Waals surface area contributed by atoms with Crippen LogP contribution in [0.5, 0.6) is 0 Å². The van der Waals surface area contributed by atoms with E-state index in [4.69, 9.17) is 0 Å². The Bertz CT molecular complexity index is 574. The summed E-state index contributed by atoms with van der Waals surface area (Å²) in [6.07, 6.45) is 11.0. The van der Waals surface area contributed by atoms with Crippen molar-refractivity contribution in [2.75, 3.05) is 0 Å². The van der Waals surface area contributed by atoms with Gasteiger partial charge in [0.25, 0.3) is 0 Å². The molecule has 0 spiro atoms. The summed E-state index contributed by atoms with van der Waals surface area (Å²) < 4.78 is 1.47. The Morgan fingerprint density at radius 2 is 1.75 bits per heavy atom. The van der Waals surface area contributed by atoms with Crippen molar-refractivity contribution < 1.29 is 4.79 Å². The molecule has 5 saturated carbocycles. The van der Waals surface area contributed by atoms with Gasteiger partial charge in [0.05, 0.1) is 0 Å². The van der Waals surface area contributed by atoms with E-state index in [0.29, 0.717) is 12.1 Å². The summed E-state index contributed by atoms with van der Waals surface area (Å²) in [4.78, 5) is 12.1. The molecule has 1 amide bonds. The maximum atomic E-state index is 12.1. The number of aromatic nitrogens is 4. The number of tetrazole rings is 1. The standard InChI is InChI=1S/C17H26N6O/c24-16(8-23-9-18-21-22-23)19-14-1-2-15(14)20-17-12-4-10-3-11(6-12)7-13(17)5-10/h9-15,17,20H,1-8H2,(H,19,24)/t10?,11?,12?,13?,14-,15+,17?/m0/s1. The van der Waals surface area contributed by atoms with Gasteiger partial charge in [-0.25, -0.2) is 4.68 Å². The van der Waals surface area contributed by atoms with Gasteiger partial charge in [-0.3, -0.25) is 4.79 Å². The molecule has 5 fully saturated rings. The Labute approximate surface area is 141 Å². The summed E-state index contributed by atoms with van der Waals surface area (Å²) in [5.41, 5.74) is 0. The van der Waals surface area contributed by atoms with Crippen LogP contribution < -0.4 is 10.6 Å². The molecule has 0 aromatic carbocycles. The van der Waals surface area contributed by atoms with Gasteiger partial charge in [0.15, 0.2) is 0 Å². The van der Waals surface area contributed by atoms with Crippen LogP contribution in [0.4, 0.5) is 0 Å².